The van der Waals surface area contributed by atoms with Gasteiger partial charge in [0.15, 0.2) is 5.82 Å². The van der Waals surface area contributed by atoms with Gasteiger partial charge in [-0.05, 0) is 50.1 Å². The van der Waals surface area contributed by atoms with Crippen LogP contribution in [0.4, 0.5) is 11.5 Å². The molecule has 1 fully saturated rings. The van der Waals surface area contributed by atoms with Gasteiger partial charge in [0.25, 0.3) is 5.91 Å². The molecular weight excluding hydrogens is 304 g/mol. The van der Waals surface area contributed by atoms with Crippen molar-refractivity contribution in [2.75, 3.05) is 11.9 Å². The first-order chi connectivity index (χ1) is 11.5. The molecule has 0 saturated heterocycles. The van der Waals surface area contributed by atoms with Gasteiger partial charge in [0.1, 0.15) is 0 Å². The van der Waals surface area contributed by atoms with Crippen LogP contribution in [0.15, 0.2) is 36.4 Å². The number of nitrogens with one attached hydrogen (secondary N) is 2. The number of aromatic nitrogens is 2. The smallest absolute Gasteiger partial charge is 0.251 e. The highest BCUT2D eigenvalue weighted by Gasteiger charge is 2.31. The zero-order chi connectivity index (χ0) is 17.0. The molecule has 1 aliphatic rings. The van der Waals surface area contributed by atoms with E-state index in [-0.39, 0.29) is 5.91 Å². The van der Waals surface area contributed by atoms with Crippen molar-refractivity contribution in [2.24, 2.45) is 0 Å². The number of carbonyl (C=O) groups excluding carboxylic acids is 1. The Hall–Kier alpha value is -2.47. The van der Waals surface area contributed by atoms with E-state index in [4.69, 9.17) is 0 Å². The molecule has 126 valence electrons. The van der Waals surface area contributed by atoms with Gasteiger partial charge in [-0.3, -0.25) is 4.79 Å². The Balaban J connectivity index is 1.63. The standard InChI is InChI=1S/C18H22N4O2/c1-13-7-8-16(22-21-13)20-15-6-4-5-14(11-15)17(23)19-12-18(24)9-2-3-10-18/h4-8,11,24H,2-3,9-10,12H2,1H3,(H,19,23)(H,20,22). The molecule has 3 rings (SSSR count). The normalized spacial score (nSPS) is 15.9. The first-order valence-electron chi connectivity index (χ1n) is 8.22. The number of nitrogens with zero attached hydrogens (tertiary/aromatic N) is 2. The molecule has 1 saturated carbocycles. The Morgan fingerprint density at radius 3 is 2.71 bits per heavy atom. The predicted octanol–water partition coefficient (Wildman–Crippen LogP) is 2.56. The van der Waals surface area contributed by atoms with E-state index in [1.165, 1.54) is 0 Å². The number of aryl methyl sites for hydroxylation is 1. The van der Waals surface area contributed by atoms with Crippen molar-refractivity contribution in [3.05, 3.63) is 47.7 Å². The van der Waals surface area contributed by atoms with E-state index in [0.29, 0.717) is 17.9 Å². The summed E-state index contributed by atoms with van der Waals surface area (Å²) in [5.41, 5.74) is 1.41. The second kappa shape index (κ2) is 6.97. The first-order valence-corrected chi connectivity index (χ1v) is 8.22. The Morgan fingerprint density at radius 2 is 2.00 bits per heavy atom. The maximum Gasteiger partial charge on any atom is 0.251 e. The van der Waals surface area contributed by atoms with Crippen molar-refractivity contribution < 1.29 is 9.90 Å². The average Bonchev–Trinajstić information content (AvgIpc) is 3.02. The molecule has 6 nitrogen and oxygen atoms in total. The molecule has 0 atom stereocenters. The second-order valence-electron chi connectivity index (χ2n) is 6.38. The maximum atomic E-state index is 12.3. The molecule has 0 unspecified atom stereocenters. The SMILES string of the molecule is Cc1ccc(Nc2cccc(C(=O)NCC3(O)CCCC3)c2)nn1. The van der Waals surface area contributed by atoms with Crippen LogP contribution >= 0.6 is 0 Å². The van der Waals surface area contributed by atoms with Crippen LogP contribution in [0.2, 0.25) is 0 Å². The molecule has 3 N–H and O–H groups in total. The van der Waals surface area contributed by atoms with Crippen LogP contribution in [0.5, 0.6) is 0 Å². The Labute approximate surface area is 141 Å². The molecule has 0 spiro atoms. The molecular formula is C18H22N4O2. The molecule has 1 aliphatic carbocycles. The van der Waals surface area contributed by atoms with Gasteiger partial charge < -0.3 is 15.7 Å². The summed E-state index contributed by atoms with van der Waals surface area (Å²) in [6.45, 7) is 2.17. The van der Waals surface area contributed by atoms with Crippen molar-refractivity contribution in [3.8, 4) is 0 Å². The average molecular weight is 326 g/mol. The van der Waals surface area contributed by atoms with Gasteiger partial charge in [-0.25, -0.2) is 0 Å². The summed E-state index contributed by atoms with van der Waals surface area (Å²) in [5, 5.41) is 24.3. The second-order valence-corrected chi connectivity index (χ2v) is 6.38. The van der Waals surface area contributed by atoms with Gasteiger partial charge in [0.05, 0.1) is 11.3 Å². The van der Waals surface area contributed by atoms with Crippen molar-refractivity contribution in [3.63, 3.8) is 0 Å². The molecule has 1 amide bonds. The van der Waals surface area contributed by atoms with Crippen LogP contribution in [-0.2, 0) is 0 Å². The van der Waals surface area contributed by atoms with E-state index in [0.717, 1.165) is 37.1 Å². The zero-order valence-electron chi connectivity index (χ0n) is 13.7. The first kappa shape index (κ1) is 16.4. The Morgan fingerprint density at radius 1 is 1.21 bits per heavy atom. The van der Waals surface area contributed by atoms with Gasteiger partial charge >= 0.3 is 0 Å². The van der Waals surface area contributed by atoms with Crippen LogP contribution in [-0.4, -0.2) is 33.4 Å². The maximum absolute atomic E-state index is 12.3. The summed E-state index contributed by atoms with van der Waals surface area (Å²) in [7, 11) is 0. The molecule has 6 heteroatoms. The number of hydrogen-bond donors (Lipinski definition) is 3. The monoisotopic (exact) mass is 326 g/mol. The number of carbonyl (C=O) groups is 1. The number of rotatable bonds is 5. The highest BCUT2D eigenvalue weighted by Crippen LogP contribution is 2.28. The largest absolute Gasteiger partial charge is 0.388 e. The van der Waals surface area contributed by atoms with Gasteiger partial charge in [0, 0.05) is 17.8 Å². The van der Waals surface area contributed by atoms with E-state index >= 15 is 0 Å². The lowest BCUT2D eigenvalue weighted by molar-refractivity contribution is 0.0449. The lowest BCUT2D eigenvalue weighted by atomic mass is 10.0. The highest BCUT2D eigenvalue weighted by molar-refractivity contribution is 5.95. The van der Waals surface area contributed by atoms with Gasteiger partial charge in [-0.2, -0.15) is 5.10 Å². The number of benzene rings is 1. The van der Waals surface area contributed by atoms with Crippen LogP contribution in [0.1, 0.15) is 41.7 Å². The lowest BCUT2D eigenvalue weighted by Crippen LogP contribution is -2.40. The van der Waals surface area contributed by atoms with E-state index < -0.39 is 5.60 Å². The van der Waals surface area contributed by atoms with Gasteiger partial charge in [0.2, 0.25) is 0 Å². The zero-order valence-corrected chi connectivity index (χ0v) is 13.7. The summed E-state index contributed by atoms with van der Waals surface area (Å²) >= 11 is 0. The van der Waals surface area contributed by atoms with E-state index in [1.54, 1.807) is 12.1 Å². The van der Waals surface area contributed by atoms with Crippen LogP contribution in [0, 0.1) is 6.92 Å². The topological polar surface area (TPSA) is 87.1 Å². The van der Waals surface area contributed by atoms with Crippen LogP contribution in [0.3, 0.4) is 0 Å². The van der Waals surface area contributed by atoms with Crippen molar-refractivity contribution >= 4 is 17.4 Å². The third-order valence-electron chi connectivity index (χ3n) is 4.31. The summed E-state index contributed by atoms with van der Waals surface area (Å²) in [5.74, 6) is 0.437. The number of aliphatic hydroxyl groups is 1. The molecule has 24 heavy (non-hydrogen) atoms. The summed E-state index contributed by atoms with van der Waals surface area (Å²) in [6, 6.07) is 10.9. The minimum absolute atomic E-state index is 0.186. The molecule has 1 aromatic carbocycles. The van der Waals surface area contributed by atoms with E-state index in [1.807, 2.05) is 31.2 Å². The van der Waals surface area contributed by atoms with Crippen LogP contribution in [0.25, 0.3) is 0 Å². The molecule has 0 bridgehead atoms. The summed E-state index contributed by atoms with van der Waals surface area (Å²) in [6.07, 6.45) is 3.54. The minimum atomic E-state index is -0.747. The van der Waals surface area contributed by atoms with Gasteiger partial charge in [-0.1, -0.05) is 18.9 Å². The number of hydrogen-bond acceptors (Lipinski definition) is 5. The van der Waals surface area contributed by atoms with E-state index in [2.05, 4.69) is 20.8 Å². The highest BCUT2D eigenvalue weighted by atomic mass is 16.3. The van der Waals surface area contributed by atoms with Crippen molar-refractivity contribution in [1.29, 1.82) is 0 Å². The molecule has 0 aliphatic heterocycles. The molecule has 1 aromatic heterocycles. The van der Waals surface area contributed by atoms with E-state index in [9.17, 15) is 9.90 Å². The minimum Gasteiger partial charge on any atom is -0.388 e. The van der Waals surface area contributed by atoms with Crippen LogP contribution < -0.4 is 10.6 Å². The lowest BCUT2D eigenvalue weighted by Gasteiger charge is -2.22. The Kier molecular flexibility index (Phi) is 4.76. The fourth-order valence-electron chi connectivity index (χ4n) is 2.91. The summed E-state index contributed by atoms with van der Waals surface area (Å²) in [4.78, 5) is 12.3. The van der Waals surface area contributed by atoms with Crippen molar-refractivity contribution in [1.82, 2.24) is 15.5 Å². The van der Waals surface area contributed by atoms with Crippen molar-refractivity contribution in [2.45, 2.75) is 38.2 Å². The number of amides is 1. The fraction of sp³-hybridized carbons (Fsp3) is 0.389. The van der Waals surface area contributed by atoms with Gasteiger partial charge in [-0.15, -0.1) is 5.10 Å². The Bertz CT molecular complexity index is 709. The predicted molar refractivity (Wildman–Crippen MR) is 92.2 cm³/mol. The molecule has 0 radical (unpaired) electrons. The third kappa shape index (κ3) is 4.08. The molecule has 2 aromatic rings. The third-order valence-corrected chi connectivity index (χ3v) is 4.31. The quantitative estimate of drug-likeness (QED) is 0.786. The summed E-state index contributed by atoms with van der Waals surface area (Å²) < 4.78 is 0. The molecule has 1 heterocycles. The fourth-order valence-corrected chi connectivity index (χ4v) is 2.91. The number of anilines is 2.